The molecule has 0 aliphatic carbocycles. The smallest absolute Gasteiger partial charge is 0.308 e. The number of amides is 2. The minimum absolute atomic E-state index is 0.0626. The lowest BCUT2D eigenvalue weighted by Gasteiger charge is -2.12. The van der Waals surface area contributed by atoms with E-state index in [4.69, 9.17) is 34.8 Å². The first-order valence-corrected chi connectivity index (χ1v) is 7.19. The summed E-state index contributed by atoms with van der Waals surface area (Å²) >= 11 is 17.1. The van der Waals surface area contributed by atoms with Gasteiger partial charge >= 0.3 is 12.2 Å². The zero-order valence-electron chi connectivity index (χ0n) is 11.1. The van der Waals surface area contributed by atoms with Crippen molar-refractivity contribution in [1.82, 2.24) is 0 Å². The SMILES string of the molecule is O=C(Nc1cc(Cl)cc(Cl)c1)Nc1ccc(Cl)c(C(F)(F)F)c1. The van der Waals surface area contributed by atoms with Crippen molar-refractivity contribution < 1.29 is 18.0 Å². The molecule has 0 aliphatic heterocycles. The van der Waals surface area contributed by atoms with E-state index in [1.165, 1.54) is 24.3 Å². The first-order chi connectivity index (χ1) is 10.6. The Labute approximate surface area is 144 Å². The Morgan fingerprint density at radius 3 is 2.00 bits per heavy atom. The number of alkyl halides is 3. The van der Waals surface area contributed by atoms with Gasteiger partial charge in [-0.25, -0.2) is 4.79 Å². The largest absolute Gasteiger partial charge is 0.417 e. The summed E-state index contributed by atoms with van der Waals surface area (Å²) in [5, 5.41) is 4.84. The van der Waals surface area contributed by atoms with Crippen molar-refractivity contribution in [2.45, 2.75) is 6.18 Å². The maximum atomic E-state index is 12.8. The van der Waals surface area contributed by atoms with Crippen LogP contribution in [0.2, 0.25) is 15.1 Å². The molecule has 2 N–H and O–H groups in total. The summed E-state index contributed by atoms with van der Waals surface area (Å²) in [5.74, 6) is 0. The normalized spacial score (nSPS) is 11.2. The number of halogens is 6. The van der Waals surface area contributed by atoms with E-state index in [1.54, 1.807) is 0 Å². The van der Waals surface area contributed by atoms with Gasteiger partial charge in [0.2, 0.25) is 0 Å². The molecule has 0 atom stereocenters. The minimum Gasteiger partial charge on any atom is -0.308 e. The average Bonchev–Trinajstić information content (AvgIpc) is 2.38. The lowest BCUT2D eigenvalue weighted by atomic mass is 10.2. The van der Waals surface area contributed by atoms with Crippen molar-refractivity contribution in [2.24, 2.45) is 0 Å². The van der Waals surface area contributed by atoms with Gasteiger partial charge in [0, 0.05) is 21.4 Å². The van der Waals surface area contributed by atoms with E-state index in [1.807, 2.05) is 0 Å². The molecule has 2 aromatic carbocycles. The summed E-state index contributed by atoms with van der Waals surface area (Å²) in [6, 6.07) is 6.65. The fourth-order valence-electron chi connectivity index (χ4n) is 1.74. The third kappa shape index (κ3) is 4.92. The van der Waals surface area contributed by atoms with Crippen LogP contribution in [-0.4, -0.2) is 6.03 Å². The van der Waals surface area contributed by atoms with Gasteiger partial charge in [-0.2, -0.15) is 13.2 Å². The van der Waals surface area contributed by atoms with E-state index >= 15 is 0 Å². The highest BCUT2D eigenvalue weighted by Crippen LogP contribution is 2.36. The molecule has 0 aromatic heterocycles. The lowest BCUT2D eigenvalue weighted by Crippen LogP contribution is -2.20. The highest BCUT2D eigenvalue weighted by molar-refractivity contribution is 6.35. The van der Waals surface area contributed by atoms with Crippen molar-refractivity contribution in [3.05, 3.63) is 57.0 Å². The molecular formula is C14H8Cl3F3N2O. The Hall–Kier alpha value is -1.63. The Morgan fingerprint density at radius 2 is 1.43 bits per heavy atom. The number of anilines is 2. The quantitative estimate of drug-likeness (QED) is 0.627. The zero-order chi connectivity index (χ0) is 17.2. The predicted octanol–water partition coefficient (Wildman–Crippen LogP) is 6.31. The average molecular weight is 384 g/mol. The Balaban J connectivity index is 2.14. The van der Waals surface area contributed by atoms with Crippen LogP contribution in [0.5, 0.6) is 0 Å². The first-order valence-electron chi connectivity index (χ1n) is 6.06. The van der Waals surface area contributed by atoms with Gasteiger partial charge < -0.3 is 10.6 Å². The number of urea groups is 1. The van der Waals surface area contributed by atoms with Crippen molar-refractivity contribution in [3.8, 4) is 0 Å². The number of carbonyl (C=O) groups excluding carboxylic acids is 1. The van der Waals surface area contributed by atoms with Gasteiger partial charge in [-0.05, 0) is 36.4 Å². The van der Waals surface area contributed by atoms with E-state index in [2.05, 4.69) is 10.6 Å². The molecule has 23 heavy (non-hydrogen) atoms. The molecule has 2 rings (SSSR count). The molecule has 0 saturated carbocycles. The molecule has 0 radical (unpaired) electrons. The summed E-state index contributed by atoms with van der Waals surface area (Å²) in [7, 11) is 0. The van der Waals surface area contributed by atoms with Crippen molar-refractivity contribution >= 4 is 52.2 Å². The van der Waals surface area contributed by atoms with E-state index in [9.17, 15) is 18.0 Å². The highest BCUT2D eigenvalue weighted by Gasteiger charge is 2.33. The molecule has 0 heterocycles. The fourth-order valence-corrected chi connectivity index (χ4v) is 2.49. The Kier molecular flexibility index (Phi) is 5.29. The monoisotopic (exact) mass is 382 g/mol. The van der Waals surface area contributed by atoms with Crippen LogP contribution < -0.4 is 10.6 Å². The molecule has 9 heteroatoms. The number of rotatable bonds is 2. The number of benzene rings is 2. The molecule has 2 amide bonds. The molecule has 0 spiro atoms. The molecule has 0 bridgehead atoms. The van der Waals surface area contributed by atoms with E-state index < -0.39 is 22.8 Å². The van der Waals surface area contributed by atoms with E-state index in [0.717, 1.165) is 12.1 Å². The molecule has 0 saturated heterocycles. The molecule has 0 aliphatic rings. The van der Waals surface area contributed by atoms with Gasteiger partial charge in [-0.3, -0.25) is 0 Å². The third-order valence-electron chi connectivity index (χ3n) is 2.65. The lowest BCUT2D eigenvalue weighted by molar-refractivity contribution is -0.137. The van der Waals surface area contributed by atoms with Crippen LogP contribution in [0, 0.1) is 0 Å². The molecule has 3 nitrogen and oxygen atoms in total. The van der Waals surface area contributed by atoms with Crippen LogP contribution in [0.3, 0.4) is 0 Å². The number of carbonyl (C=O) groups is 1. The van der Waals surface area contributed by atoms with Gasteiger partial charge in [0.25, 0.3) is 0 Å². The third-order valence-corrected chi connectivity index (χ3v) is 3.42. The summed E-state index contributed by atoms with van der Waals surface area (Å²) < 4.78 is 38.3. The number of nitrogens with one attached hydrogen (secondary N) is 2. The summed E-state index contributed by atoms with van der Waals surface area (Å²) in [5.41, 5.74) is -0.805. The van der Waals surface area contributed by atoms with Gasteiger partial charge in [0.15, 0.2) is 0 Å². The van der Waals surface area contributed by atoms with Crippen LogP contribution >= 0.6 is 34.8 Å². The second-order valence-electron chi connectivity index (χ2n) is 4.43. The van der Waals surface area contributed by atoms with Crippen LogP contribution in [-0.2, 0) is 6.18 Å². The van der Waals surface area contributed by atoms with Crippen LogP contribution in [0.25, 0.3) is 0 Å². The topological polar surface area (TPSA) is 41.1 Å². The van der Waals surface area contributed by atoms with Gasteiger partial charge in [0.05, 0.1) is 10.6 Å². The van der Waals surface area contributed by atoms with E-state index in [-0.39, 0.29) is 5.69 Å². The molecular weight excluding hydrogens is 376 g/mol. The first kappa shape index (κ1) is 17.7. The van der Waals surface area contributed by atoms with Crippen molar-refractivity contribution in [1.29, 1.82) is 0 Å². The van der Waals surface area contributed by atoms with Crippen LogP contribution in [0.4, 0.5) is 29.3 Å². The van der Waals surface area contributed by atoms with Crippen LogP contribution in [0.15, 0.2) is 36.4 Å². The minimum atomic E-state index is -4.62. The zero-order valence-corrected chi connectivity index (χ0v) is 13.4. The Morgan fingerprint density at radius 1 is 0.870 bits per heavy atom. The summed E-state index contributed by atoms with van der Waals surface area (Å²) in [6.07, 6.45) is -4.62. The van der Waals surface area contributed by atoms with Crippen LogP contribution in [0.1, 0.15) is 5.56 Å². The molecule has 0 unspecified atom stereocenters. The molecule has 2 aromatic rings. The maximum Gasteiger partial charge on any atom is 0.417 e. The number of hydrogen-bond acceptors (Lipinski definition) is 1. The van der Waals surface area contributed by atoms with E-state index in [0.29, 0.717) is 15.7 Å². The van der Waals surface area contributed by atoms with Crippen molar-refractivity contribution in [2.75, 3.05) is 10.6 Å². The maximum absolute atomic E-state index is 12.8. The second kappa shape index (κ2) is 6.86. The summed E-state index contributed by atoms with van der Waals surface area (Å²) in [4.78, 5) is 11.8. The molecule has 122 valence electrons. The number of hydrogen-bond donors (Lipinski definition) is 2. The fraction of sp³-hybridized carbons (Fsp3) is 0.0714. The van der Waals surface area contributed by atoms with Gasteiger partial charge in [-0.15, -0.1) is 0 Å². The van der Waals surface area contributed by atoms with Gasteiger partial charge in [-0.1, -0.05) is 34.8 Å². The Bertz CT molecular complexity index is 730. The summed E-state index contributed by atoms with van der Waals surface area (Å²) in [6.45, 7) is 0. The second-order valence-corrected chi connectivity index (χ2v) is 5.71. The predicted molar refractivity (Wildman–Crippen MR) is 85.6 cm³/mol. The highest BCUT2D eigenvalue weighted by atomic mass is 35.5. The van der Waals surface area contributed by atoms with Gasteiger partial charge in [0.1, 0.15) is 0 Å². The standard InChI is InChI=1S/C14H8Cl3F3N2O/c15-7-3-8(16)5-10(4-7)22-13(23)21-9-1-2-12(17)11(6-9)14(18,19)20/h1-6H,(H2,21,22,23). The molecule has 0 fully saturated rings. The van der Waals surface area contributed by atoms with Crippen molar-refractivity contribution in [3.63, 3.8) is 0 Å².